The van der Waals surface area contributed by atoms with E-state index in [2.05, 4.69) is 4.72 Å². The van der Waals surface area contributed by atoms with Crippen molar-refractivity contribution in [3.05, 3.63) is 58.1 Å². The van der Waals surface area contributed by atoms with Crippen LogP contribution in [0.2, 0.25) is 0 Å². The van der Waals surface area contributed by atoms with Crippen LogP contribution in [0.1, 0.15) is 17.3 Å². The first-order chi connectivity index (χ1) is 13.5. The number of sulfonamides is 1. The van der Waals surface area contributed by atoms with Gasteiger partial charge in [-0.1, -0.05) is 6.07 Å². The number of hydrogen-bond donors (Lipinski definition) is 2. The largest absolute Gasteiger partial charge is 0.495 e. The van der Waals surface area contributed by atoms with Crippen molar-refractivity contribution >= 4 is 33.3 Å². The van der Waals surface area contributed by atoms with Crippen LogP contribution in [0.5, 0.6) is 5.75 Å². The monoisotopic (exact) mass is 423 g/mol. The number of benzene rings is 2. The minimum absolute atomic E-state index is 0.0602. The maximum atomic E-state index is 12.7. The smallest absolute Gasteiger partial charge is 0.338 e. The molecular formula is C17H17N3O8S. The summed E-state index contributed by atoms with van der Waals surface area (Å²) in [5.74, 6) is -1.74. The van der Waals surface area contributed by atoms with Crippen molar-refractivity contribution < 1.29 is 32.4 Å². The van der Waals surface area contributed by atoms with Crippen LogP contribution in [-0.2, 0) is 19.6 Å². The van der Waals surface area contributed by atoms with Crippen LogP contribution < -0.4 is 15.2 Å². The fourth-order valence-electron chi connectivity index (χ4n) is 2.17. The molecule has 2 aromatic rings. The SMILES string of the molecule is COc1ccc([N+](=O)[O-])cc1NS(=O)(=O)c1cccc(C(=O)O[C@@H](C)C(N)=O)c1. The third kappa shape index (κ3) is 5.19. The first-order valence-electron chi connectivity index (χ1n) is 8.00. The van der Waals surface area contributed by atoms with Crippen LogP contribution >= 0.6 is 0 Å². The van der Waals surface area contributed by atoms with Gasteiger partial charge in [-0.05, 0) is 31.2 Å². The van der Waals surface area contributed by atoms with E-state index in [1.54, 1.807) is 0 Å². The number of non-ortho nitro benzene ring substituents is 1. The number of methoxy groups -OCH3 is 1. The fourth-order valence-corrected chi connectivity index (χ4v) is 3.28. The number of primary amides is 1. The number of carbonyl (C=O) groups is 2. The van der Waals surface area contributed by atoms with E-state index in [0.717, 1.165) is 18.2 Å². The van der Waals surface area contributed by atoms with Crippen molar-refractivity contribution in [2.75, 3.05) is 11.8 Å². The summed E-state index contributed by atoms with van der Waals surface area (Å²) in [6.07, 6.45) is -1.20. The van der Waals surface area contributed by atoms with E-state index in [1.807, 2.05) is 0 Å². The van der Waals surface area contributed by atoms with Gasteiger partial charge in [-0.15, -0.1) is 0 Å². The maximum absolute atomic E-state index is 12.7. The second kappa shape index (κ2) is 8.56. The lowest BCUT2D eigenvalue weighted by molar-refractivity contribution is -0.384. The number of nitro benzene ring substituents is 1. The van der Waals surface area contributed by atoms with Crippen LogP contribution in [0.15, 0.2) is 47.4 Å². The van der Waals surface area contributed by atoms with Gasteiger partial charge in [0.25, 0.3) is 21.6 Å². The van der Waals surface area contributed by atoms with Gasteiger partial charge in [0.1, 0.15) is 5.75 Å². The molecule has 2 rings (SSSR count). The van der Waals surface area contributed by atoms with E-state index in [0.29, 0.717) is 0 Å². The molecule has 12 heteroatoms. The van der Waals surface area contributed by atoms with Gasteiger partial charge < -0.3 is 15.2 Å². The molecule has 0 aliphatic carbocycles. The Hall–Kier alpha value is -3.67. The lowest BCUT2D eigenvalue weighted by Crippen LogP contribution is -2.30. The van der Waals surface area contributed by atoms with Gasteiger partial charge in [-0.25, -0.2) is 13.2 Å². The molecule has 0 aliphatic rings. The Morgan fingerprint density at radius 2 is 1.90 bits per heavy atom. The Labute approximate surface area is 165 Å². The number of rotatable bonds is 8. The Balaban J connectivity index is 2.35. The van der Waals surface area contributed by atoms with Gasteiger partial charge >= 0.3 is 5.97 Å². The van der Waals surface area contributed by atoms with E-state index < -0.39 is 32.9 Å². The number of nitro groups is 1. The molecule has 3 N–H and O–H groups in total. The minimum atomic E-state index is -4.24. The van der Waals surface area contributed by atoms with E-state index in [1.165, 1.54) is 38.3 Å². The summed E-state index contributed by atoms with van der Waals surface area (Å²) < 4.78 is 37.4. The number of nitrogens with two attached hydrogens (primary N) is 1. The van der Waals surface area contributed by atoms with Gasteiger partial charge in [0.05, 0.1) is 28.2 Å². The quantitative estimate of drug-likeness (QED) is 0.365. The number of nitrogens with zero attached hydrogens (tertiary/aromatic N) is 1. The number of nitrogens with one attached hydrogen (secondary N) is 1. The molecule has 0 spiro atoms. The molecule has 0 radical (unpaired) electrons. The first kappa shape index (κ1) is 21.6. The molecule has 0 unspecified atom stereocenters. The van der Waals surface area contributed by atoms with Crippen molar-refractivity contribution in [1.29, 1.82) is 0 Å². The standard InChI is InChI=1S/C17H17N3O8S/c1-10(16(18)21)28-17(22)11-4-3-5-13(8-11)29(25,26)19-14-9-12(20(23)24)6-7-15(14)27-2/h3-10,19H,1-2H3,(H2,18,21)/t10-/m0/s1. The number of anilines is 1. The summed E-state index contributed by atoms with van der Waals surface area (Å²) in [5.41, 5.74) is 4.39. The minimum Gasteiger partial charge on any atom is -0.495 e. The average molecular weight is 423 g/mol. The van der Waals surface area contributed by atoms with E-state index in [4.69, 9.17) is 15.2 Å². The van der Waals surface area contributed by atoms with Crippen LogP contribution in [0.25, 0.3) is 0 Å². The fraction of sp³-hybridized carbons (Fsp3) is 0.176. The lowest BCUT2D eigenvalue weighted by Gasteiger charge is -2.13. The molecule has 0 fully saturated rings. The molecule has 1 amide bonds. The molecular weight excluding hydrogens is 406 g/mol. The van der Waals surface area contributed by atoms with Gasteiger partial charge in [-0.3, -0.25) is 19.6 Å². The van der Waals surface area contributed by atoms with Gasteiger partial charge in [-0.2, -0.15) is 0 Å². The van der Waals surface area contributed by atoms with Crippen molar-refractivity contribution in [3.8, 4) is 5.75 Å². The summed E-state index contributed by atoms with van der Waals surface area (Å²) in [6, 6.07) is 8.24. The zero-order chi connectivity index (χ0) is 21.8. The molecule has 0 heterocycles. The van der Waals surface area contributed by atoms with Crippen molar-refractivity contribution in [2.45, 2.75) is 17.9 Å². The molecule has 11 nitrogen and oxygen atoms in total. The number of hydrogen-bond acceptors (Lipinski definition) is 8. The molecule has 0 aliphatic heterocycles. The van der Waals surface area contributed by atoms with Crippen molar-refractivity contribution in [2.24, 2.45) is 5.73 Å². The molecule has 2 aromatic carbocycles. The molecule has 0 saturated heterocycles. The Bertz CT molecular complexity index is 1070. The summed E-state index contributed by atoms with van der Waals surface area (Å²) in [7, 11) is -2.97. The highest BCUT2D eigenvalue weighted by Crippen LogP contribution is 2.31. The second-order valence-corrected chi connectivity index (χ2v) is 7.41. The van der Waals surface area contributed by atoms with Gasteiger partial charge in [0.15, 0.2) is 6.10 Å². The molecule has 0 saturated carbocycles. The third-order valence-electron chi connectivity index (χ3n) is 3.70. The highest BCUT2D eigenvalue weighted by Gasteiger charge is 2.22. The van der Waals surface area contributed by atoms with Crippen molar-refractivity contribution in [1.82, 2.24) is 0 Å². The number of amides is 1. The Kier molecular flexibility index (Phi) is 6.38. The Morgan fingerprint density at radius 3 is 2.48 bits per heavy atom. The van der Waals surface area contributed by atoms with Crippen molar-refractivity contribution in [3.63, 3.8) is 0 Å². The molecule has 0 bridgehead atoms. The number of ether oxygens (including phenoxy) is 2. The lowest BCUT2D eigenvalue weighted by atomic mass is 10.2. The molecule has 29 heavy (non-hydrogen) atoms. The van der Waals surface area contributed by atoms with Crippen LogP contribution in [0.3, 0.4) is 0 Å². The second-order valence-electron chi connectivity index (χ2n) is 5.72. The van der Waals surface area contributed by atoms with Gasteiger partial charge in [0.2, 0.25) is 0 Å². The molecule has 1 atom stereocenters. The van der Waals surface area contributed by atoms with Crippen LogP contribution in [0.4, 0.5) is 11.4 Å². The zero-order valence-electron chi connectivity index (χ0n) is 15.3. The summed E-state index contributed by atoms with van der Waals surface area (Å²) in [5, 5.41) is 10.9. The van der Waals surface area contributed by atoms with Crippen LogP contribution in [0, 0.1) is 10.1 Å². The number of esters is 1. The van der Waals surface area contributed by atoms with Gasteiger partial charge in [0, 0.05) is 12.1 Å². The summed E-state index contributed by atoms with van der Waals surface area (Å²) >= 11 is 0. The summed E-state index contributed by atoms with van der Waals surface area (Å²) in [6.45, 7) is 1.27. The number of carbonyl (C=O) groups excluding carboxylic acids is 2. The highest BCUT2D eigenvalue weighted by atomic mass is 32.2. The van der Waals surface area contributed by atoms with Crippen LogP contribution in [-0.4, -0.2) is 38.4 Å². The Morgan fingerprint density at radius 1 is 1.21 bits per heavy atom. The predicted octanol–water partition coefficient (Wildman–Crippen LogP) is 1.43. The average Bonchev–Trinajstić information content (AvgIpc) is 2.67. The van der Waals surface area contributed by atoms with E-state index in [9.17, 15) is 28.1 Å². The zero-order valence-corrected chi connectivity index (χ0v) is 16.1. The topological polar surface area (TPSA) is 168 Å². The highest BCUT2D eigenvalue weighted by molar-refractivity contribution is 7.92. The maximum Gasteiger partial charge on any atom is 0.338 e. The predicted molar refractivity (Wildman–Crippen MR) is 101 cm³/mol. The normalized spacial score (nSPS) is 11.9. The van der Waals surface area contributed by atoms with E-state index >= 15 is 0 Å². The third-order valence-corrected chi connectivity index (χ3v) is 5.07. The molecule has 154 valence electrons. The summed E-state index contributed by atoms with van der Waals surface area (Å²) in [4.78, 5) is 33.0. The first-order valence-corrected chi connectivity index (χ1v) is 9.49. The molecule has 0 aromatic heterocycles. The van der Waals surface area contributed by atoms with E-state index in [-0.39, 0.29) is 27.6 Å².